The first kappa shape index (κ1) is 28.1. The summed E-state index contributed by atoms with van der Waals surface area (Å²) in [5, 5.41) is 4.35. The van der Waals surface area contributed by atoms with Crippen LogP contribution in [0.4, 0.5) is 27.3 Å². The lowest BCUT2D eigenvalue weighted by Crippen LogP contribution is -2.54. The molecule has 0 saturated carbocycles. The fourth-order valence-corrected chi connectivity index (χ4v) is 7.57. The molecule has 6 rings (SSSR count). The predicted molar refractivity (Wildman–Crippen MR) is 166 cm³/mol. The lowest BCUT2D eigenvalue weighted by Gasteiger charge is -2.46. The zero-order valence-corrected chi connectivity index (χ0v) is 24.5. The molecule has 1 unspecified atom stereocenters. The van der Waals surface area contributed by atoms with E-state index in [1.54, 1.807) is 24.5 Å². The van der Waals surface area contributed by atoms with Crippen LogP contribution in [0, 0.1) is 11.2 Å². The summed E-state index contributed by atoms with van der Waals surface area (Å²) in [5.41, 5.74) is 4.38. The summed E-state index contributed by atoms with van der Waals surface area (Å²) in [7, 11) is 2.24. The maximum Gasteiger partial charge on any atom is 0.157 e. The zero-order chi connectivity index (χ0) is 28.5. The van der Waals surface area contributed by atoms with Gasteiger partial charge in [0.1, 0.15) is 36.5 Å². The van der Waals surface area contributed by atoms with Gasteiger partial charge in [-0.3, -0.25) is 9.28 Å². The average molecular weight is 578 g/mol. The number of likely N-dealkylation sites (tertiary alicyclic amines) is 2. The van der Waals surface area contributed by atoms with Crippen molar-refractivity contribution in [3.05, 3.63) is 59.7 Å². The van der Waals surface area contributed by atoms with Crippen molar-refractivity contribution in [3.8, 4) is 0 Å². The molecule has 0 radical (unpaired) electrons. The average Bonchev–Trinajstić information content (AvgIpc) is 3.34. The van der Waals surface area contributed by atoms with Crippen LogP contribution in [-0.4, -0.2) is 74.0 Å². The van der Waals surface area contributed by atoms with Crippen molar-refractivity contribution in [1.29, 1.82) is 0 Å². The number of benzene rings is 2. The van der Waals surface area contributed by atoms with Gasteiger partial charge in [0, 0.05) is 42.2 Å². The number of hydrogen-bond acceptors (Lipinski definition) is 6. The number of piperidine rings is 2. The lowest BCUT2D eigenvalue weighted by molar-refractivity contribution is -0.104. The van der Waals surface area contributed by atoms with Gasteiger partial charge in [-0.1, -0.05) is 11.6 Å². The molecular weight excluding hydrogens is 539 g/mol. The molecule has 7 nitrogen and oxygen atoms in total. The second kappa shape index (κ2) is 11.7. The van der Waals surface area contributed by atoms with Crippen LogP contribution in [0.5, 0.6) is 0 Å². The largest absolute Gasteiger partial charge is 0.366 e. The van der Waals surface area contributed by atoms with Crippen LogP contribution in [0.2, 0.25) is 5.02 Å². The van der Waals surface area contributed by atoms with Crippen LogP contribution in [0.25, 0.3) is 10.9 Å². The molecule has 216 valence electrons. The molecule has 9 heteroatoms. The zero-order valence-electron chi connectivity index (χ0n) is 23.8. The number of nitrogens with zero attached hydrogens (tertiary/aromatic N) is 5. The molecule has 0 amide bonds. The van der Waals surface area contributed by atoms with E-state index in [0.29, 0.717) is 16.9 Å². The molecule has 2 aromatic carbocycles. The Morgan fingerprint density at radius 1 is 1.07 bits per heavy atom. The minimum absolute atomic E-state index is 0.0627. The minimum atomic E-state index is -0.454. The van der Waals surface area contributed by atoms with Gasteiger partial charge in [-0.2, -0.15) is 0 Å². The molecule has 1 N–H and O–H groups in total. The number of fused-ring (bicyclic) bond motifs is 1. The summed E-state index contributed by atoms with van der Waals surface area (Å²) in [5.74, 6) is 0.209. The topological polar surface area (TPSA) is 61.4 Å². The third-order valence-electron chi connectivity index (χ3n) is 9.40. The SMILES string of the molecule is CN1CCC2(CCCN(c3cc4ncnc(Nc5ccc(F)c(Cl)c5)c4cc3[N+]3(C/C=C/C=O)CCCCC3)C2)C1. The fraction of sp³-hybridized carbons (Fsp3) is 0.469. The minimum Gasteiger partial charge on any atom is -0.366 e. The highest BCUT2D eigenvalue weighted by Gasteiger charge is 2.43. The third kappa shape index (κ3) is 5.70. The maximum atomic E-state index is 13.8. The molecule has 1 spiro atoms. The lowest BCUT2D eigenvalue weighted by atomic mass is 9.79. The molecule has 3 saturated heterocycles. The van der Waals surface area contributed by atoms with E-state index in [4.69, 9.17) is 16.6 Å². The van der Waals surface area contributed by atoms with Crippen LogP contribution in [0.1, 0.15) is 38.5 Å². The van der Waals surface area contributed by atoms with Gasteiger partial charge in [0.25, 0.3) is 0 Å². The van der Waals surface area contributed by atoms with Crippen LogP contribution in [-0.2, 0) is 4.79 Å². The summed E-state index contributed by atoms with van der Waals surface area (Å²) in [4.78, 5) is 25.7. The smallest absolute Gasteiger partial charge is 0.157 e. The molecule has 3 aromatic rings. The van der Waals surface area contributed by atoms with E-state index in [1.165, 1.54) is 43.1 Å². The normalized spacial score (nSPS) is 23.0. The summed E-state index contributed by atoms with van der Waals surface area (Å²) >= 11 is 6.08. The quantitative estimate of drug-likeness (QED) is 0.201. The second-order valence-corrected chi connectivity index (χ2v) is 12.7. The number of anilines is 3. The number of hydrogen-bond donors (Lipinski definition) is 1. The Bertz CT molecular complexity index is 1450. The number of rotatable bonds is 7. The van der Waals surface area contributed by atoms with Crippen molar-refractivity contribution >= 4 is 51.7 Å². The Labute approximate surface area is 246 Å². The summed E-state index contributed by atoms with van der Waals surface area (Å²) in [6.07, 6.45) is 13.3. The molecule has 41 heavy (non-hydrogen) atoms. The van der Waals surface area contributed by atoms with Crippen LogP contribution in [0.3, 0.4) is 0 Å². The highest BCUT2D eigenvalue weighted by Crippen LogP contribution is 2.46. The third-order valence-corrected chi connectivity index (χ3v) is 9.69. The van der Waals surface area contributed by atoms with Gasteiger partial charge in [0.15, 0.2) is 5.69 Å². The fourth-order valence-electron chi connectivity index (χ4n) is 7.39. The molecule has 0 aliphatic carbocycles. The highest BCUT2D eigenvalue weighted by atomic mass is 35.5. The summed E-state index contributed by atoms with van der Waals surface area (Å²) < 4.78 is 14.7. The molecular formula is C32H39ClFN6O+. The van der Waals surface area contributed by atoms with E-state index < -0.39 is 5.82 Å². The van der Waals surface area contributed by atoms with Gasteiger partial charge >= 0.3 is 0 Å². The molecule has 3 aliphatic heterocycles. The number of carbonyl (C=O) groups excluding carboxylic acids is 1. The van der Waals surface area contributed by atoms with E-state index in [9.17, 15) is 9.18 Å². The van der Waals surface area contributed by atoms with Crippen molar-refractivity contribution in [1.82, 2.24) is 19.4 Å². The molecule has 0 bridgehead atoms. The molecule has 1 aromatic heterocycles. The predicted octanol–water partition coefficient (Wildman–Crippen LogP) is 6.33. The second-order valence-electron chi connectivity index (χ2n) is 12.2. The van der Waals surface area contributed by atoms with E-state index in [1.807, 2.05) is 6.08 Å². The van der Waals surface area contributed by atoms with Crippen molar-refractivity contribution < 1.29 is 9.18 Å². The van der Waals surface area contributed by atoms with Crippen LogP contribution in [0.15, 0.2) is 48.8 Å². The van der Waals surface area contributed by atoms with Gasteiger partial charge in [-0.15, -0.1) is 0 Å². The Morgan fingerprint density at radius 3 is 2.68 bits per heavy atom. The number of nitrogens with one attached hydrogen (secondary N) is 1. The first-order chi connectivity index (χ1) is 19.9. The Balaban J connectivity index is 1.48. The van der Waals surface area contributed by atoms with Gasteiger partial charge in [0.2, 0.25) is 0 Å². The Kier molecular flexibility index (Phi) is 7.99. The van der Waals surface area contributed by atoms with Gasteiger partial charge < -0.3 is 15.1 Å². The Hall–Kier alpha value is -3.07. The first-order valence-corrected chi connectivity index (χ1v) is 15.2. The monoisotopic (exact) mass is 577 g/mol. The van der Waals surface area contributed by atoms with Crippen LogP contribution >= 0.6 is 11.6 Å². The van der Waals surface area contributed by atoms with Crippen molar-refractivity contribution in [2.45, 2.75) is 38.5 Å². The number of aromatic nitrogens is 2. The Morgan fingerprint density at radius 2 is 1.93 bits per heavy atom. The van der Waals surface area contributed by atoms with Gasteiger partial charge in [-0.05, 0) is 88.5 Å². The number of halogens is 2. The van der Waals surface area contributed by atoms with Crippen molar-refractivity contribution in [2.75, 3.05) is 63.1 Å². The standard InChI is InChI=1S/C32H39ClFN6O/c1-38-13-11-32(21-38)10-7-12-39(22-32)29-20-28-25(19-30(29)40(16-5-6-17-41)14-3-2-4-15-40)31(36-23-35-28)37-24-8-9-27(34)26(33)18-24/h5-6,8-9,17-20,23H,2-4,7,10-16,21-22H2,1H3,(H,35,36,37)/q+1/b6-5+. The van der Waals surface area contributed by atoms with E-state index in [2.05, 4.69) is 39.3 Å². The highest BCUT2D eigenvalue weighted by molar-refractivity contribution is 6.31. The molecule has 3 fully saturated rings. The van der Waals surface area contributed by atoms with E-state index >= 15 is 0 Å². The molecule has 3 aliphatic rings. The van der Waals surface area contributed by atoms with E-state index in [-0.39, 0.29) is 5.02 Å². The number of quaternary nitrogens is 1. The molecule has 4 heterocycles. The summed E-state index contributed by atoms with van der Waals surface area (Å²) in [6.45, 7) is 7.18. The number of allylic oxidation sites excluding steroid dienone is 1. The van der Waals surface area contributed by atoms with Crippen molar-refractivity contribution in [2.24, 2.45) is 5.41 Å². The first-order valence-electron chi connectivity index (χ1n) is 14.8. The number of aldehydes is 1. The van der Waals surface area contributed by atoms with Gasteiger partial charge in [0.05, 0.1) is 23.6 Å². The summed E-state index contributed by atoms with van der Waals surface area (Å²) in [6, 6.07) is 9.14. The maximum absolute atomic E-state index is 13.8. The van der Waals surface area contributed by atoms with Gasteiger partial charge in [-0.25, -0.2) is 14.4 Å². The van der Waals surface area contributed by atoms with Crippen molar-refractivity contribution in [3.63, 3.8) is 0 Å². The number of carbonyl (C=O) groups is 1. The van der Waals surface area contributed by atoms with Crippen LogP contribution < -0.4 is 14.7 Å². The van der Waals surface area contributed by atoms with E-state index in [0.717, 1.165) is 80.3 Å². The molecule has 1 atom stereocenters.